The lowest BCUT2D eigenvalue weighted by Crippen LogP contribution is -1.96. The van der Waals surface area contributed by atoms with Crippen LogP contribution in [0, 0.1) is 27.9 Å². The Labute approximate surface area is 94.7 Å². The smallest absolute Gasteiger partial charge is 0.258 e. The average molecular weight is 235 g/mol. The second kappa shape index (κ2) is 4.25. The number of nitrogens with zero attached hydrogens (tertiary/aromatic N) is 2. The van der Waals surface area contributed by atoms with E-state index in [2.05, 4.69) is 4.98 Å². The molecule has 0 fully saturated rings. The standard InChI is InChI=1S/C11H5F2N2O2/c12-8-4-7(5-14-6-8)9-2-1-3-10(13)11(9)15(16)17/h1-5H. The van der Waals surface area contributed by atoms with Crippen LogP contribution in [0.4, 0.5) is 14.5 Å². The van der Waals surface area contributed by atoms with Gasteiger partial charge in [0.15, 0.2) is 5.82 Å². The van der Waals surface area contributed by atoms with Gasteiger partial charge in [-0.25, -0.2) is 4.39 Å². The van der Waals surface area contributed by atoms with Gasteiger partial charge in [0.25, 0.3) is 0 Å². The van der Waals surface area contributed by atoms with E-state index in [0.717, 1.165) is 12.1 Å². The largest absolute Gasteiger partial charge is 0.312 e. The monoisotopic (exact) mass is 235 g/mol. The van der Waals surface area contributed by atoms with E-state index in [1.54, 1.807) is 0 Å². The highest BCUT2D eigenvalue weighted by Crippen LogP contribution is 2.31. The molecule has 0 spiro atoms. The molecule has 0 aliphatic rings. The third-order valence-corrected chi connectivity index (χ3v) is 2.14. The summed E-state index contributed by atoms with van der Waals surface area (Å²) in [5.41, 5.74) is -0.581. The van der Waals surface area contributed by atoms with Crippen LogP contribution in [0.5, 0.6) is 0 Å². The minimum atomic E-state index is -0.972. The van der Waals surface area contributed by atoms with Crippen LogP contribution in [-0.2, 0) is 0 Å². The molecular formula is C11H5F2N2O2. The van der Waals surface area contributed by atoms with E-state index in [4.69, 9.17) is 0 Å². The highest BCUT2D eigenvalue weighted by atomic mass is 19.1. The predicted octanol–water partition coefficient (Wildman–Crippen LogP) is 2.74. The highest BCUT2D eigenvalue weighted by Gasteiger charge is 2.21. The number of pyridine rings is 1. The maximum Gasteiger partial charge on any atom is 0.312 e. The fraction of sp³-hybridized carbons (Fsp3) is 0. The molecule has 0 bridgehead atoms. The Morgan fingerprint density at radius 1 is 1.35 bits per heavy atom. The molecule has 4 nitrogen and oxygen atoms in total. The molecule has 0 saturated carbocycles. The first-order chi connectivity index (χ1) is 8.09. The normalized spacial score (nSPS) is 10.2. The SMILES string of the molecule is O=[N+]([O-])c1c(F)cccc1-c1cn[c]c(F)c1. The Balaban J connectivity index is 2.67. The minimum absolute atomic E-state index is 0.0181. The van der Waals surface area contributed by atoms with Gasteiger partial charge >= 0.3 is 5.69 Å². The van der Waals surface area contributed by atoms with Crippen LogP contribution >= 0.6 is 0 Å². The molecule has 17 heavy (non-hydrogen) atoms. The maximum atomic E-state index is 13.3. The maximum absolute atomic E-state index is 13.3. The molecule has 1 heterocycles. The fourth-order valence-electron chi connectivity index (χ4n) is 1.45. The third kappa shape index (κ3) is 2.10. The molecule has 2 aromatic rings. The van der Waals surface area contributed by atoms with Crippen LogP contribution in [0.2, 0.25) is 0 Å². The third-order valence-electron chi connectivity index (χ3n) is 2.14. The zero-order valence-corrected chi connectivity index (χ0v) is 8.35. The molecule has 0 aliphatic heterocycles. The van der Waals surface area contributed by atoms with Crippen molar-refractivity contribution in [2.45, 2.75) is 0 Å². The van der Waals surface area contributed by atoms with E-state index in [9.17, 15) is 18.9 Å². The lowest BCUT2D eigenvalue weighted by molar-refractivity contribution is -0.386. The Morgan fingerprint density at radius 2 is 2.12 bits per heavy atom. The Kier molecular flexibility index (Phi) is 2.78. The zero-order valence-electron chi connectivity index (χ0n) is 8.35. The lowest BCUT2D eigenvalue weighted by Gasteiger charge is -2.03. The van der Waals surface area contributed by atoms with Crippen LogP contribution in [0.3, 0.4) is 0 Å². The Bertz CT molecular complexity index is 587. The van der Waals surface area contributed by atoms with Crippen molar-refractivity contribution in [2.24, 2.45) is 0 Å². The van der Waals surface area contributed by atoms with Gasteiger partial charge in [0.05, 0.1) is 10.5 Å². The molecule has 0 atom stereocenters. The van der Waals surface area contributed by atoms with E-state index in [0.29, 0.717) is 0 Å². The summed E-state index contributed by atoms with van der Waals surface area (Å²) in [4.78, 5) is 13.3. The summed E-state index contributed by atoms with van der Waals surface area (Å²) in [7, 11) is 0. The second-order valence-electron chi connectivity index (χ2n) is 3.21. The van der Waals surface area contributed by atoms with Crippen molar-refractivity contribution in [3.8, 4) is 11.1 Å². The van der Waals surface area contributed by atoms with E-state index in [-0.39, 0.29) is 11.1 Å². The summed E-state index contributed by atoms with van der Waals surface area (Å²) in [5.74, 6) is -1.73. The van der Waals surface area contributed by atoms with Crippen LogP contribution in [-0.4, -0.2) is 9.91 Å². The number of nitro benzene ring substituents is 1. The molecule has 1 radical (unpaired) electrons. The number of rotatable bonds is 2. The number of nitro groups is 1. The number of aromatic nitrogens is 1. The summed E-state index contributed by atoms with van der Waals surface area (Å²) in [5, 5.41) is 10.7. The molecule has 2 rings (SSSR count). The van der Waals surface area contributed by atoms with Crippen LogP contribution in [0.25, 0.3) is 11.1 Å². The van der Waals surface area contributed by atoms with Crippen molar-refractivity contribution in [3.05, 3.63) is 58.4 Å². The average Bonchev–Trinajstić information content (AvgIpc) is 2.28. The summed E-state index contributed by atoms with van der Waals surface area (Å²) in [6.45, 7) is 0. The van der Waals surface area contributed by atoms with Crippen molar-refractivity contribution in [2.75, 3.05) is 0 Å². The molecule has 85 valence electrons. The molecule has 0 unspecified atom stereocenters. The molecule has 6 heteroatoms. The molecule has 0 saturated heterocycles. The van der Waals surface area contributed by atoms with E-state index >= 15 is 0 Å². The minimum Gasteiger partial charge on any atom is -0.258 e. The first kappa shape index (κ1) is 11.1. The van der Waals surface area contributed by atoms with Gasteiger partial charge in [-0.3, -0.25) is 15.1 Å². The number of benzene rings is 1. The number of hydrogen-bond donors (Lipinski definition) is 0. The van der Waals surface area contributed by atoms with Gasteiger partial charge in [-0.05, 0) is 18.2 Å². The van der Waals surface area contributed by atoms with Crippen molar-refractivity contribution in [3.63, 3.8) is 0 Å². The van der Waals surface area contributed by atoms with Crippen LogP contribution < -0.4 is 0 Å². The zero-order chi connectivity index (χ0) is 12.4. The van der Waals surface area contributed by atoms with Gasteiger partial charge in [-0.2, -0.15) is 4.39 Å². The molecule has 0 N–H and O–H groups in total. The van der Waals surface area contributed by atoms with Crippen molar-refractivity contribution >= 4 is 5.69 Å². The predicted molar refractivity (Wildman–Crippen MR) is 55.1 cm³/mol. The van der Waals surface area contributed by atoms with Crippen molar-refractivity contribution < 1.29 is 13.7 Å². The van der Waals surface area contributed by atoms with Gasteiger partial charge in [0.1, 0.15) is 6.20 Å². The van der Waals surface area contributed by atoms with E-state index in [1.807, 2.05) is 6.20 Å². The van der Waals surface area contributed by atoms with Crippen LogP contribution in [0.15, 0.2) is 30.5 Å². The second-order valence-corrected chi connectivity index (χ2v) is 3.21. The van der Waals surface area contributed by atoms with Gasteiger partial charge in [-0.1, -0.05) is 6.07 Å². The first-order valence-electron chi connectivity index (χ1n) is 4.56. The van der Waals surface area contributed by atoms with Crippen LogP contribution in [0.1, 0.15) is 0 Å². The summed E-state index contributed by atoms with van der Waals surface area (Å²) < 4.78 is 26.2. The number of hydrogen-bond acceptors (Lipinski definition) is 3. The molecule has 1 aromatic heterocycles. The summed E-state index contributed by atoms with van der Waals surface area (Å²) in [6.07, 6.45) is 3.21. The number of para-hydroxylation sites is 1. The quantitative estimate of drug-likeness (QED) is 0.594. The van der Waals surface area contributed by atoms with Crippen molar-refractivity contribution in [1.29, 1.82) is 0 Å². The first-order valence-corrected chi connectivity index (χ1v) is 4.56. The molecule has 1 aromatic carbocycles. The van der Waals surface area contributed by atoms with E-state index < -0.39 is 22.2 Å². The molecular weight excluding hydrogens is 230 g/mol. The van der Waals surface area contributed by atoms with E-state index in [1.165, 1.54) is 18.3 Å². The Morgan fingerprint density at radius 3 is 2.76 bits per heavy atom. The summed E-state index contributed by atoms with van der Waals surface area (Å²) >= 11 is 0. The molecule has 0 aliphatic carbocycles. The highest BCUT2D eigenvalue weighted by molar-refractivity contribution is 5.73. The summed E-state index contributed by atoms with van der Waals surface area (Å²) in [6, 6.07) is 4.62. The Hall–Kier alpha value is -2.37. The van der Waals surface area contributed by atoms with Crippen molar-refractivity contribution in [1.82, 2.24) is 4.98 Å². The van der Waals surface area contributed by atoms with Gasteiger partial charge in [0.2, 0.25) is 5.82 Å². The topological polar surface area (TPSA) is 56.0 Å². The van der Waals surface area contributed by atoms with Gasteiger partial charge in [0, 0.05) is 11.8 Å². The van der Waals surface area contributed by atoms with Gasteiger partial charge in [-0.15, -0.1) is 0 Å². The fourth-order valence-corrected chi connectivity index (χ4v) is 1.45. The molecule has 0 amide bonds. The van der Waals surface area contributed by atoms with Gasteiger partial charge < -0.3 is 0 Å². The lowest BCUT2D eigenvalue weighted by atomic mass is 10.1. The number of halogens is 2.